The first-order valence-corrected chi connectivity index (χ1v) is 12.4. The van der Waals surface area contributed by atoms with E-state index < -0.39 is 0 Å². The number of hydrogen-bond acceptors (Lipinski definition) is 8. The van der Waals surface area contributed by atoms with Gasteiger partial charge in [-0.15, -0.1) is 0 Å². The molecule has 10 nitrogen and oxygen atoms in total. The van der Waals surface area contributed by atoms with Gasteiger partial charge in [-0.05, 0) is 36.2 Å². The summed E-state index contributed by atoms with van der Waals surface area (Å²) in [6.45, 7) is 4.95. The van der Waals surface area contributed by atoms with E-state index in [1.54, 1.807) is 14.2 Å². The Labute approximate surface area is 215 Å². The molecular formula is C27H32N6O4. The number of para-hydroxylation sites is 2. The molecule has 1 aliphatic heterocycles. The highest BCUT2D eigenvalue weighted by Gasteiger charge is 2.24. The lowest BCUT2D eigenvalue weighted by atomic mass is 10.1. The molecular weight excluding hydrogens is 472 g/mol. The van der Waals surface area contributed by atoms with Gasteiger partial charge in [-0.25, -0.2) is 9.97 Å². The average molecular weight is 505 g/mol. The van der Waals surface area contributed by atoms with Crippen LogP contribution in [0, 0.1) is 0 Å². The second-order valence-electron chi connectivity index (χ2n) is 8.95. The van der Waals surface area contributed by atoms with Gasteiger partial charge in [0.25, 0.3) is 5.91 Å². The molecule has 0 aliphatic carbocycles. The normalized spacial score (nSPS) is 14.2. The van der Waals surface area contributed by atoms with Crippen molar-refractivity contribution in [3.63, 3.8) is 0 Å². The number of hydrogen-bond donors (Lipinski definition) is 2. The molecule has 10 heteroatoms. The molecule has 0 spiro atoms. The van der Waals surface area contributed by atoms with E-state index >= 15 is 0 Å². The van der Waals surface area contributed by atoms with Gasteiger partial charge in [-0.2, -0.15) is 0 Å². The van der Waals surface area contributed by atoms with Gasteiger partial charge in [-0.3, -0.25) is 9.69 Å². The summed E-state index contributed by atoms with van der Waals surface area (Å²) in [7, 11) is 3.23. The lowest BCUT2D eigenvalue weighted by molar-refractivity contribution is 0.0383. The van der Waals surface area contributed by atoms with Gasteiger partial charge in [0.05, 0.1) is 38.5 Å². The lowest BCUT2D eigenvalue weighted by Gasteiger charge is -2.26. The fraction of sp³-hybridized carbons (Fsp3) is 0.370. The molecule has 0 radical (unpaired) electrons. The van der Waals surface area contributed by atoms with Crippen LogP contribution >= 0.6 is 0 Å². The number of rotatable bonds is 9. The number of anilines is 1. The molecule has 1 aliphatic rings. The summed E-state index contributed by atoms with van der Waals surface area (Å²) in [4.78, 5) is 25.3. The first kappa shape index (κ1) is 24.8. The van der Waals surface area contributed by atoms with Gasteiger partial charge >= 0.3 is 0 Å². The molecule has 5 rings (SSSR count). The third-order valence-corrected chi connectivity index (χ3v) is 6.71. The Bertz CT molecular complexity index is 1410. The number of nitrogens with two attached hydrogens (primary N) is 1. The van der Waals surface area contributed by atoms with Crippen LogP contribution in [0.1, 0.15) is 15.9 Å². The van der Waals surface area contributed by atoms with E-state index in [1.807, 2.05) is 47.0 Å². The van der Waals surface area contributed by atoms with E-state index in [0.29, 0.717) is 53.6 Å². The number of ether oxygens (including phenoxy) is 3. The number of aryl methyl sites for hydroxylation is 2. The van der Waals surface area contributed by atoms with Gasteiger partial charge in [0.2, 0.25) is 0 Å². The van der Waals surface area contributed by atoms with E-state index in [4.69, 9.17) is 29.9 Å². The maximum absolute atomic E-state index is 13.4. The number of nitrogens with zero attached hydrogens (tertiary/aromatic N) is 4. The van der Waals surface area contributed by atoms with Crippen LogP contribution in [-0.2, 0) is 17.7 Å². The fourth-order valence-electron chi connectivity index (χ4n) is 4.68. The standard InChI is InChI=1S/C27H32N6O4/c1-35-21-8-7-18(17-22(21)36-2)9-11-33-25(28)23(27(34)29-10-12-32-13-15-37-16-14-32)24-26(33)31-20-6-4-3-5-19(20)30-24/h3-8,17H,9-16,28H2,1-2H3,(H,29,34). The highest BCUT2D eigenvalue weighted by atomic mass is 16.5. The number of nitrogens with one attached hydrogen (secondary N) is 1. The molecule has 0 unspecified atom stereocenters. The summed E-state index contributed by atoms with van der Waals surface area (Å²) in [6, 6.07) is 13.4. The van der Waals surface area contributed by atoms with E-state index in [1.165, 1.54) is 0 Å². The maximum atomic E-state index is 13.4. The summed E-state index contributed by atoms with van der Waals surface area (Å²) in [6.07, 6.45) is 0.654. The summed E-state index contributed by atoms with van der Waals surface area (Å²) in [5.41, 5.74) is 10.6. The summed E-state index contributed by atoms with van der Waals surface area (Å²) in [5.74, 6) is 1.45. The van der Waals surface area contributed by atoms with E-state index in [9.17, 15) is 4.79 Å². The third-order valence-electron chi connectivity index (χ3n) is 6.71. The molecule has 2 aromatic heterocycles. The lowest BCUT2D eigenvalue weighted by Crippen LogP contribution is -2.41. The molecule has 1 fully saturated rings. The van der Waals surface area contributed by atoms with Crippen LogP contribution in [0.25, 0.3) is 22.2 Å². The van der Waals surface area contributed by atoms with Crippen LogP contribution in [0.15, 0.2) is 42.5 Å². The second-order valence-corrected chi connectivity index (χ2v) is 8.95. The zero-order chi connectivity index (χ0) is 25.8. The van der Waals surface area contributed by atoms with Crippen molar-refractivity contribution in [3.8, 4) is 11.5 Å². The van der Waals surface area contributed by atoms with Crippen molar-refractivity contribution in [2.45, 2.75) is 13.0 Å². The average Bonchev–Trinajstić information content (AvgIpc) is 3.20. The van der Waals surface area contributed by atoms with Gasteiger partial charge in [0.1, 0.15) is 16.9 Å². The summed E-state index contributed by atoms with van der Waals surface area (Å²) in [5, 5.41) is 3.03. The van der Waals surface area contributed by atoms with Crippen molar-refractivity contribution in [2.24, 2.45) is 0 Å². The molecule has 37 heavy (non-hydrogen) atoms. The molecule has 0 atom stereocenters. The monoisotopic (exact) mass is 504 g/mol. The Kier molecular flexibility index (Phi) is 7.38. The van der Waals surface area contributed by atoms with Crippen molar-refractivity contribution >= 4 is 33.9 Å². The first-order chi connectivity index (χ1) is 18.1. The van der Waals surface area contributed by atoms with Crippen LogP contribution in [-0.4, -0.2) is 79.0 Å². The van der Waals surface area contributed by atoms with Crippen LogP contribution in [0.3, 0.4) is 0 Å². The first-order valence-electron chi connectivity index (χ1n) is 12.4. The number of nitrogen functional groups attached to an aromatic ring is 1. The number of carbonyl (C=O) groups is 1. The van der Waals surface area contributed by atoms with Crippen LogP contribution in [0.5, 0.6) is 11.5 Å². The topological polar surface area (TPSA) is 117 Å². The van der Waals surface area contributed by atoms with Gasteiger partial charge in [0, 0.05) is 32.7 Å². The maximum Gasteiger partial charge on any atom is 0.257 e. The predicted molar refractivity (Wildman–Crippen MR) is 142 cm³/mol. The van der Waals surface area contributed by atoms with Gasteiger partial charge < -0.3 is 29.8 Å². The SMILES string of the molecule is COc1ccc(CCn2c(N)c(C(=O)NCCN3CCOCC3)c3nc4ccccc4nc32)cc1OC. The molecule has 1 saturated heterocycles. The van der Waals surface area contributed by atoms with Crippen LogP contribution < -0.4 is 20.5 Å². The Balaban J connectivity index is 1.44. The number of morpholine rings is 1. The van der Waals surface area contributed by atoms with E-state index in [2.05, 4.69) is 10.2 Å². The van der Waals surface area contributed by atoms with Crippen molar-refractivity contribution in [1.82, 2.24) is 24.8 Å². The Morgan fingerprint density at radius 3 is 2.49 bits per heavy atom. The molecule has 3 heterocycles. The van der Waals surface area contributed by atoms with Crippen LogP contribution in [0.4, 0.5) is 5.82 Å². The number of aromatic nitrogens is 3. The minimum absolute atomic E-state index is 0.245. The molecule has 2 aromatic carbocycles. The van der Waals surface area contributed by atoms with Crippen molar-refractivity contribution < 1.29 is 19.0 Å². The van der Waals surface area contributed by atoms with Crippen molar-refractivity contribution in [1.29, 1.82) is 0 Å². The fourth-order valence-corrected chi connectivity index (χ4v) is 4.68. The van der Waals surface area contributed by atoms with Gasteiger partial charge in [0.15, 0.2) is 17.1 Å². The molecule has 4 aromatic rings. The molecule has 0 bridgehead atoms. The zero-order valence-corrected chi connectivity index (χ0v) is 21.2. The van der Waals surface area contributed by atoms with Gasteiger partial charge in [-0.1, -0.05) is 18.2 Å². The quantitative estimate of drug-likeness (QED) is 0.357. The minimum atomic E-state index is -0.245. The van der Waals surface area contributed by atoms with Crippen LogP contribution in [0.2, 0.25) is 0 Å². The number of carbonyl (C=O) groups excluding carboxylic acids is 1. The molecule has 0 saturated carbocycles. The molecule has 3 N–H and O–H groups in total. The van der Waals surface area contributed by atoms with E-state index in [-0.39, 0.29) is 5.91 Å². The molecule has 194 valence electrons. The smallest absolute Gasteiger partial charge is 0.257 e. The molecule has 1 amide bonds. The third kappa shape index (κ3) is 5.16. The van der Waals surface area contributed by atoms with E-state index in [0.717, 1.165) is 49.4 Å². The van der Waals surface area contributed by atoms with Crippen molar-refractivity contribution in [3.05, 3.63) is 53.6 Å². The zero-order valence-electron chi connectivity index (χ0n) is 21.2. The second kappa shape index (κ2) is 11.0. The number of benzene rings is 2. The Hall–Kier alpha value is -3.89. The Morgan fingerprint density at radius 2 is 1.76 bits per heavy atom. The largest absolute Gasteiger partial charge is 0.493 e. The summed E-state index contributed by atoms with van der Waals surface area (Å²) < 4.78 is 18.1. The Morgan fingerprint density at radius 1 is 1.03 bits per heavy atom. The number of fused-ring (bicyclic) bond motifs is 2. The summed E-state index contributed by atoms with van der Waals surface area (Å²) >= 11 is 0. The highest BCUT2D eigenvalue weighted by Crippen LogP contribution is 2.30. The predicted octanol–water partition coefficient (Wildman–Crippen LogP) is 2.49. The van der Waals surface area contributed by atoms with Crippen molar-refractivity contribution in [2.75, 3.05) is 59.3 Å². The highest BCUT2D eigenvalue weighted by molar-refractivity contribution is 6.10. The number of methoxy groups -OCH3 is 2. The number of amides is 1. The minimum Gasteiger partial charge on any atom is -0.493 e.